The summed E-state index contributed by atoms with van der Waals surface area (Å²) in [7, 11) is 1.44. The quantitative estimate of drug-likeness (QED) is 0.805. The molecule has 0 spiro atoms. The van der Waals surface area contributed by atoms with Crippen molar-refractivity contribution in [3.8, 4) is 5.75 Å². The molecule has 0 saturated heterocycles. The third-order valence-corrected chi connectivity index (χ3v) is 2.90. The second-order valence-electron chi connectivity index (χ2n) is 3.82. The van der Waals surface area contributed by atoms with E-state index < -0.39 is 0 Å². The van der Waals surface area contributed by atoms with Crippen LogP contribution in [0.1, 0.15) is 24.9 Å². The molecule has 1 aromatic carbocycles. The largest absolute Gasteiger partial charge is 0.494 e. The van der Waals surface area contributed by atoms with Crippen LogP contribution in [0, 0.1) is 11.7 Å². The van der Waals surface area contributed by atoms with Crippen molar-refractivity contribution in [2.24, 2.45) is 17.4 Å². The van der Waals surface area contributed by atoms with E-state index in [4.69, 9.17) is 16.2 Å². The number of rotatable bonds is 5. The third kappa shape index (κ3) is 2.71. The van der Waals surface area contributed by atoms with Crippen LogP contribution < -0.4 is 16.2 Å². The Hall–Kier alpha value is -1.13. The Morgan fingerprint density at radius 3 is 2.56 bits per heavy atom. The molecular formula is C12H19FN2O. The predicted octanol–water partition coefficient (Wildman–Crippen LogP) is 1.82. The van der Waals surface area contributed by atoms with E-state index in [0.29, 0.717) is 6.54 Å². The van der Waals surface area contributed by atoms with Crippen LogP contribution in [0.3, 0.4) is 0 Å². The number of benzene rings is 1. The van der Waals surface area contributed by atoms with Crippen LogP contribution in [0.25, 0.3) is 0 Å². The molecule has 4 N–H and O–H groups in total. The van der Waals surface area contributed by atoms with Crippen molar-refractivity contribution in [3.63, 3.8) is 0 Å². The molecule has 2 unspecified atom stereocenters. The molecule has 0 radical (unpaired) electrons. The van der Waals surface area contributed by atoms with E-state index >= 15 is 0 Å². The zero-order valence-electron chi connectivity index (χ0n) is 9.74. The van der Waals surface area contributed by atoms with E-state index in [1.54, 1.807) is 12.1 Å². The standard InChI is InChI=1S/C12H19FN2O/c1-3-8(7-14)12(15)9-4-5-11(16-2)10(13)6-9/h4-6,8,12H,3,7,14-15H2,1-2H3. The smallest absolute Gasteiger partial charge is 0.165 e. The summed E-state index contributed by atoms with van der Waals surface area (Å²) in [5.74, 6) is 0.0202. The monoisotopic (exact) mass is 226 g/mol. The molecule has 2 atom stereocenters. The Bertz CT molecular complexity index is 340. The van der Waals surface area contributed by atoms with Gasteiger partial charge in [-0.25, -0.2) is 4.39 Å². The lowest BCUT2D eigenvalue weighted by Gasteiger charge is -2.21. The second kappa shape index (κ2) is 5.82. The maximum absolute atomic E-state index is 13.5. The van der Waals surface area contributed by atoms with Gasteiger partial charge in [-0.2, -0.15) is 0 Å². The van der Waals surface area contributed by atoms with Gasteiger partial charge in [0.25, 0.3) is 0 Å². The molecule has 16 heavy (non-hydrogen) atoms. The first-order valence-electron chi connectivity index (χ1n) is 5.43. The predicted molar refractivity (Wildman–Crippen MR) is 62.7 cm³/mol. The zero-order chi connectivity index (χ0) is 12.1. The topological polar surface area (TPSA) is 61.3 Å². The molecule has 0 aliphatic heterocycles. The van der Waals surface area contributed by atoms with E-state index in [1.807, 2.05) is 6.92 Å². The first-order valence-corrected chi connectivity index (χ1v) is 5.43. The van der Waals surface area contributed by atoms with Crippen molar-refractivity contribution in [3.05, 3.63) is 29.6 Å². The van der Waals surface area contributed by atoms with Crippen LogP contribution in [-0.4, -0.2) is 13.7 Å². The molecule has 4 heteroatoms. The maximum Gasteiger partial charge on any atom is 0.165 e. The first-order chi connectivity index (χ1) is 7.63. The maximum atomic E-state index is 13.5. The van der Waals surface area contributed by atoms with Crippen LogP contribution in [0.2, 0.25) is 0 Å². The third-order valence-electron chi connectivity index (χ3n) is 2.90. The molecule has 0 aliphatic carbocycles. The van der Waals surface area contributed by atoms with Gasteiger partial charge in [0.1, 0.15) is 0 Å². The number of methoxy groups -OCH3 is 1. The number of nitrogens with two attached hydrogens (primary N) is 2. The van der Waals surface area contributed by atoms with E-state index in [9.17, 15) is 4.39 Å². The molecule has 3 nitrogen and oxygen atoms in total. The minimum atomic E-state index is -0.387. The number of hydrogen-bond acceptors (Lipinski definition) is 3. The summed E-state index contributed by atoms with van der Waals surface area (Å²) < 4.78 is 18.3. The van der Waals surface area contributed by atoms with Crippen LogP contribution in [-0.2, 0) is 0 Å². The van der Waals surface area contributed by atoms with Crippen LogP contribution in [0.4, 0.5) is 4.39 Å². The highest BCUT2D eigenvalue weighted by molar-refractivity contribution is 5.31. The van der Waals surface area contributed by atoms with Gasteiger partial charge in [0.15, 0.2) is 11.6 Å². The van der Waals surface area contributed by atoms with E-state index in [1.165, 1.54) is 13.2 Å². The summed E-state index contributed by atoms with van der Waals surface area (Å²) in [6.45, 7) is 2.53. The summed E-state index contributed by atoms with van der Waals surface area (Å²) >= 11 is 0. The molecule has 1 aromatic rings. The van der Waals surface area contributed by atoms with E-state index in [-0.39, 0.29) is 23.5 Å². The van der Waals surface area contributed by atoms with Gasteiger partial charge in [-0.15, -0.1) is 0 Å². The van der Waals surface area contributed by atoms with Crippen LogP contribution >= 0.6 is 0 Å². The fourth-order valence-electron chi connectivity index (χ4n) is 1.73. The first kappa shape index (κ1) is 12.9. The average molecular weight is 226 g/mol. The lowest BCUT2D eigenvalue weighted by atomic mass is 9.91. The van der Waals surface area contributed by atoms with Crippen molar-refractivity contribution < 1.29 is 9.13 Å². The van der Waals surface area contributed by atoms with Crippen LogP contribution in [0.5, 0.6) is 5.75 Å². The van der Waals surface area contributed by atoms with Crippen molar-refractivity contribution in [1.82, 2.24) is 0 Å². The molecule has 0 saturated carbocycles. The van der Waals surface area contributed by atoms with Gasteiger partial charge in [0.05, 0.1) is 7.11 Å². The summed E-state index contributed by atoms with van der Waals surface area (Å²) in [4.78, 5) is 0. The molecule has 0 bridgehead atoms. The van der Waals surface area contributed by atoms with Gasteiger partial charge in [-0.3, -0.25) is 0 Å². The lowest BCUT2D eigenvalue weighted by Crippen LogP contribution is -2.27. The second-order valence-corrected chi connectivity index (χ2v) is 3.82. The summed E-state index contributed by atoms with van der Waals surface area (Å²) in [5, 5.41) is 0. The number of halogens is 1. The lowest BCUT2D eigenvalue weighted by molar-refractivity contribution is 0.383. The average Bonchev–Trinajstić information content (AvgIpc) is 2.30. The van der Waals surface area contributed by atoms with Gasteiger partial charge in [-0.05, 0) is 30.2 Å². The van der Waals surface area contributed by atoms with Crippen molar-refractivity contribution in [2.75, 3.05) is 13.7 Å². The van der Waals surface area contributed by atoms with Crippen molar-refractivity contribution in [1.29, 1.82) is 0 Å². The fourth-order valence-corrected chi connectivity index (χ4v) is 1.73. The Labute approximate surface area is 95.6 Å². The molecule has 0 aliphatic rings. The minimum absolute atomic E-state index is 0.174. The number of hydrogen-bond donors (Lipinski definition) is 2. The van der Waals surface area contributed by atoms with Gasteiger partial charge in [0.2, 0.25) is 0 Å². The minimum Gasteiger partial charge on any atom is -0.494 e. The zero-order valence-corrected chi connectivity index (χ0v) is 9.74. The highest BCUT2D eigenvalue weighted by Crippen LogP contribution is 2.25. The highest BCUT2D eigenvalue weighted by atomic mass is 19.1. The van der Waals surface area contributed by atoms with E-state index in [0.717, 1.165) is 12.0 Å². The van der Waals surface area contributed by atoms with E-state index in [2.05, 4.69) is 0 Å². The Kier molecular flexibility index (Phi) is 4.71. The fraction of sp³-hybridized carbons (Fsp3) is 0.500. The Balaban J connectivity index is 2.91. The molecule has 0 aromatic heterocycles. The van der Waals surface area contributed by atoms with Crippen molar-refractivity contribution >= 4 is 0 Å². The molecule has 1 rings (SSSR count). The van der Waals surface area contributed by atoms with Gasteiger partial charge in [0, 0.05) is 6.04 Å². The van der Waals surface area contributed by atoms with Gasteiger partial charge >= 0.3 is 0 Å². The number of ether oxygens (including phenoxy) is 1. The summed E-state index contributed by atoms with van der Waals surface area (Å²) in [6.07, 6.45) is 0.880. The molecule has 0 fully saturated rings. The van der Waals surface area contributed by atoms with Gasteiger partial charge in [-0.1, -0.05) is 19.4 Å². The Morgan fingerprint density at radius 1 is 1.44 bits per heavy atom. The molecule has 90 valence electrons. The highest BCUT2D eigenvalue weighted by Gasteiger charge is 2.17. The molecular weight excluding hydrogens is 207 g/mol. The normalized spacial score (nSPS) is 14.6. The molecule has 0 heterocycles. The Morgan fingerprint density at radius 2 is 2.12 bits per heavy atom. The SMILES string of the molecule is CCC(CN)C(N)c1ccc(OC)c(F)c1. The van der Waals surface area contributed by atoms with Crippen molar-refractivity contribution in [2.45, 2.75) is 19.4 Å². The molecule has 0 amide bonds. The van der Waals surface area contributed by atoms with Gasteiger partial charge < -0.3 is 16.2 Å². The summed E-state index contributed by atoms with van der Waals surface area (Å²) in [5.41, 5.74) is 12.4. The summed E-state index contributed by atoms with van der Waals surface area (Å²) in [6, 6.07) is 4.57. The van der Waals surface area contributed by atoms with Crippen LogP contribution in [0.15, 0.2) is 18.2 Å².